The Morgan fingerprint density at radius 2 is 2.06 bits per heavy atom. The van der Waals surface area contributed by atoms with Crippen molar-refractivity contribution in [1.29, 1.82) is 0 Å². The Morgan fingerprint density at radius 1 is 1.35 bits per heavy atom. The quantitative estimate of drug-likeness (QED) is 0.927. The minimum absolute atomic E-state index is 0.222. The highest BCUT2D eigenvalue weighted by Crippen LogP contribution is 2.33. The molecule has 0 aliphatic carbocycles. The molecule has 1 heterocycles. The lowest BCUT2D eigenvalue weighted by molar-refractivity contribution is 0.255. The Labute approximate surface area is 112 Å². The lowest BCUT2D eigenvalue weighted by atomic mass is 9.89. The van der Waals surface area contributed by atoms with Crippen molar-refractivity contribution in [2.45, 2.75) is 25.2 Å². The summed E-state index contributed by atoms with van der Waals surface area (Å²) in [5.74, 6) is 0.684. The molecule has 1 aliphatic rings. The van der Waals surface area contributed by atoms with Crippen LogP contribution in [0.5, 0.6) is 0 Å². The third-order valence-corrected chi connectivity index (χ3v) is 4.31. The zero-order chi connectivity index (χ0) is 12.3. The topological polar surface area (TPSA) is 23.5 Å². The van der Waals surface area contributed by atoms with E-state index in [2.05, 4.69) is 46.1 Å². The Bertz CT molecular complexity index is 372. The van der Waals surface area contributed by atoms with Crippen molar-refractivity contribution in [3.8, 4) is 0 Å². The monoisotopic (exact) mass is 297 g/mol. The number of rotatable bonds is 3. The van der Waals surface area contributed by atoms with Gasteiger partial charge in [0.1, 0.15) is 0 Å². The smallest absolute Gasteiger partial charge is 0.0471 e. The largest absolute Gasteiger partial charge is 0.396 e. The fourth-order valence-electron chi connectivity index (χ4n) is 2.51. The van der Waals surface area contributed by atoms with Gasteiger partial charge in [-0.1, -0.05) is 28.1 Å². The predicted octanol–water partition coefficient (Wildman–Crippen LogP) is 2.79. The maximum Gasteiger partial charge on any atom is 0.0471 e. The predicted molar refractivity (Wildman–Crippen MR) is 74.4 cm³/mol. The van der Waals surface area contributed by atoms with Crippen molar-refractivity contribution in [3.05, 3.63) is 33.8 Å². The number of halogens is 1. The standard InChI is InChI=1S/C14H20BrNO/c1-16-7-4-12(5-8-16)13-3-2-11(6-9-17)10-14(13)15/h2-3,10,12,17H,4-9H2,1H3. The van der Waals surface area contributed by atoms with Crippen molar-refractivity contribution in [2.75, 3.05) is 26.7 Å². The van der Waals surface area contributed by atoms with E-state index in [4.69, 9.17) is 5.11 Å². The van der Waals surface area contributed by atoms with Crippen LogP contribution in [0.4, 0.5) is 0 Å². The SMILES string of the molecule is CN1CCC(c2ccc(CCO)cc2Br)CC1. The number of likely N-dealkylation sites (tertiary alicyclic amines) is 1. The lowest BCUT2D eigenvalue weighted by Gasteiger charge is -2.29. The highest BCUT2D eigenvalue weighted by atomic mass is 79.9. The van der Waals surface area contributed by atoms with Gasteiger partial charge < -0.3 is 10.0 Å². The first-order chi connectivity index (χ1) is 8.20. The van der Waals surface area contributed by atoms with Crippen molar-refractivity contribution >= 4 is 15.9 Å². The van der Waals surface area contributed by atoms with Crippen molar-refractivity contribution < 1.29 is 5.11 Å². The molecule has 3 heteroatoms. The molecule has 0 spiro atoms. The molecule has 1 N–H and O–H groups in total. The summed E-state index contributed by atoms with van der Waals surface area (Å²) in [6.07, 6.45) is 3.23. The molecule has 1 saturated heterocycles. The van der Waals surface area contributed by atoms with Crippen molar-refractivity contribution in [1.82, 2.24) is 4.90 Å². The Kier molecular flexibility index (Phi) is 4.60. The second-order valence-corrected chi connectivity index (χ2v) is 5.76. The average molecular weight is 298 g/mol. The fraction of sp³-hybridized carbons (Fsp3) is 0.571. The van der Waals surface area contributed by atoms with E-state index in [0.29, 0.717) is 5.92 Å². The molecule has 2 nitrogen and oxygen atoms in total. The van der Waals surface area contributed by atoms with Gasteiger partial charge in [0.05, 0.1) is 0 Å². The molecular weight excluding hydrogens is 278 g/mol. The van der Waals surface area contributed by atoms with E-state index in [1.54, 1.807) is 0 Å². The van der Waals surface area contributed by atoms with Gasteiger partial charge in [-0.25, -0.2) is 0 Å². The summed E-state index contributed by atoms with van der Waals surface area (Å²) in [7, 11) is 2.19. The van der Waals surface area contributed by atoms with E-state index >= 15 is 0 Å². The first-order valence-electron chi connectivity index (χ1n) is 6.28. The number of benzene rings is 1. The van der Waals surface area contributed by atoms with Gasteiger partial charge in [-0.2, -0.15) is 0 Å². The minimum Gasteiger partial charge on any atom is -0.396 e. The van der Waals surface area contributed by atoms with Crippen LogP contribution >= 0.6 is 15.9 Å². The highest BCUT2D eigenvalue weighted by molar-refractivity contribution is 9.10. The van der Waals surface area contributed by atoms with Gasteiger partial charge >= 0.3 is 0 Å². The first kappa shape index (κ1) is 13.1. The van der Waals surface area contributed by atoms with E-state index in [-0.39, 0.29) is 6.61 Å². The number of hydrogen-bond donors (Lipinski definition) is 1. The van der Waals surface area contributed by atoms with E-state index in [9.17, 15) is 0 Å². The van der Waals surface area contributed by atoms with Gasteiger partial charge in [-0.15, -0.1) is 0 Å². The molecule has 0 unspecified atom stereocenters. The maximum absolute atomic E-state index is 8.94. The molecule has 0 saturated carbocycles. The van der Waals surface area contributed by atoms with Crippen LogP contribution in [0.25, 0.3) is 0 Å². The molecule has 1 aromatic rings. The van der Waals surface area contributed by atoms with Crippen LogP contribution in [0, 0.1) is 0 Å². The van der Waals surface area contributed by atoms with Gasteiger partial charge in [-0.05, 0) is 62.5 Å². The second-order valence-electron chi connectivity index (χ2n) is 4.91. The summed E-state index contributed by atoms with van der Waals surface area (Å²) in [6.45, 7) is 2.60. The third kappa shape index (κ3) is 3.30. The van der Waals surface area contributed by atoms with Crippen molar-refractivity contribution in [3.63, 3.8) is 0 Å². The number of piperidine rings is 1. The molecule has 0 aromatic heterocycles. The average Bonchev–Trinajstić information content (AvgIpc) is 2.31. The summed E-state index contributed by atoms with van der Waals surface area (Å²) in [5, 5.41) is 8.94. The van der Waals surface area contributed by atoms with Crippen LogP contribution < -0.4 is 0 Å². The van der Waals surface area contributed by atoms with Gasteiger partial charge in [0, 0.05) is 11.1 Å². The summed E-state index contributed by atoms with van der Waals surface area (Å²) in [4.78, 5) is 2.39. The molecule has 94 valence electrons. The van der Waals surface area contributed by atoms with E-state index in [0.717, 1.165) is 6.42 Å². The number of aliphatic hydroxyl groups excluding tert-OH is 1. The molecule has 17 heavy (non-hydrogen) atoms. The van der Waals surface area contributed by atoms with Crippen LogP contribution in [0.1, 0.15) is 29.9 Å². The first-order valence-corrected chi connectivity index (χ1v) is 7.07. The summed E-state index contributed by atoms with van der Waals surface area (Å²) in [5.41, 5.74) is 2.64. The molecule has 1 aliphatic heterocycles. The van der Waals surface area contributed by atoms with Crippen LogP contribution in [-0.4, -0.2) is 36.8 Å². The van der Waals surface area contributed by atoms with Gasteiger partial charge in [-0.3, -0.25) is 0 Å². The Morgan fingerprint density at radius 3 is 2.65 bits per heavy atom. The van der Waals surface area contributed by atoms with E-state index < -0.39 is 0 Å². The Hall–Kier alpha value is -0.380. The Balaban J connectivity index is 2.10. The van der Waals surface area contributed by atoms with Crippen LogP contribution in [0.3, 0.4) is 0 Å². The van der Waals surface area contributed by atoms with Crippen LogP contribution in [0.2, 0.25) is 0 Å². The molecular formula is C14H20BrNO. The zero-order valence-corrected chi connectivity index (χ0v) is 11.9. The lowest BCUT2D eigenvalue weighted by Crippen LogP contribution is -2.29. The molecule has 0 atom stereocenters. The summed E-state index contributed by atoms with van der Waals surface area (Å²) in [6, 6.07) is 6.53. The highest BCUT2D eigenvalue weighted by Gasteiger charge is 2.20. The van der Waals surface area contributed by atoms with E-state index in [1.165, 1.54) is 41.5 Å². The van der Waals surface area contributed by atoms with Crippen LogP contribution in [0.15, 0.2) is 22.7 Å². The number of hydrogen-bond acceptors (Lipinski definition) is 2. The minimum atomic E-state index is 0.222. The number of nitrogens with zero attached hydrogens (tertiary/aromatic N) is 1. The molecule has 0 amide bonds. The third-order valence-electron chi connectivity index (χ3n) is 3.62. The van der Waals surface area contributed by atoms with Crippen LogP contribution in [-0.2, 0) is 6.42 Å². The van der Waals surface area contributed by atoms with Gasteiger partial charge in [0.15, 0.2) is 0 Å². The second kappa shape index (κ2) is 5.98. The van der Waals surface area contributed by atoms with Crippen molar-refractivity contribution in [2.24, 2.45) is 0 Å². The summed E-state index contributed by atoms with van der Waals surface area (Å²) < 4.78 is 1.21. The number of aliphatic hydroxyl groups is 1. The van der Waals surface area contributed by atoms with E-state index in [1.807, 2.05) is 0 Å². The molecule has 1 fully saturated rings. The van der Waals surface area contributed by atoms with Gasteiger partial charge in [0.25, 0.3) is 0 Å². The summed E-state index contributed by atoms with van der Waals surface area (Å²) >= 11 is 3.67. The molecule has 0 bridgehead atoms. The van der Waals surface area contributed by atoms with Gasteiger partial charge in [0.2, 0.25) is 0 Å². The fourth-order valence-corrected chi connectivity index (χ4v) is 3.26. The molecule has 0 radical (unpaired) electrons. The molecule has 1 aromatic carbocycles. The molecule has 2 rings (SSSR count). The zero-order valence-electron chi connectivity index (χ0n) is 10.3. The normalized spacial score (nSPS) is 18.5. The maximum atomic E-state index is 8.94.